The van der Waals surface area contributed by atoms with E-state index in [1.807, 2.05) is 0 Å². The molecule has 1 aromatic rings. The smallest absolute Gasteiger partial charge is 0.0672 e. The lowest BCUT2D eigenvalue weighted by Gasteiger charge is -2.28. The van der Waals surface area contributed by atoms with Gasteiger partial charge in [-0.2, -0.15) is 0 Å². The van der Waals surface area contributed by atoms with E-state index in [1.54, 1.807) is 0 Å². The van der Waals surface area contributed by atoms with Crippen molar-refractivity contribution >= 4 is 15.9 Å². The molecule has 1 N–H and O–H groups in total. The van der Waals surface area contributed by atoms with Gasteiger partial charge < -0.3 is 10.1 Å². The van der Waals surface area contributed by atoms with E-state index in [9.17, 15) is 0 Å². The molecule has 0 radical (unpaired) electrons. The number of hydrogen-bond donors (Lipinski definition) is 1. The molecular weight excluding hydrogens is 242 g/mol. The number of ether oxygens (including phenoxy) is 1. The Labute approximate surface area is 92.8 Å². The third kappa shape index (κ3) is 2.35. The summed E-state index contributed by atoms with van der Waals surface area (Å²) in [5.41, 5.74) is 1.29. The molecule has 2 rings (SSSR count). The van der Waals surface area contributed by atoms with Gasteiger partial charge in [-0.05, 0) is 24.6 Å². The van der Waals surface area contributed by atoms with Crippen LogP contribution in [0.25, 0.3) is 0 Å². The third-order valence-corrected chi connectivity index (χ3v) is 3.00. The highest BCUT2D eigenvalue weighted by Crippen LogP contribution is 2.19. The molecule has 76 valence electrons. The van der Waals surface area contributed by atoms with E-state index in [1.165, 1.54) is 5.56 Å². The molecule has 1 heterocycles. The summed E-state index contributed by atoms with van der Waals surface area (Å²) in [6.07, 6.45) is 0.335. The Balaban J connectivity index is 2.05. The van der Waals surface area contributed by atoms with Crippen molar-refractivity contribution in [3.63, 3.8) is 0 Å². The minimum Gasteiger partial charge on any atom is -0.375 e. The van der Waals surface area contributed by atoms with Gasteiger partial charge >= 0.3 is 0 Å². The first-order chi connectivity index (χ1) is 6.75. The van der Waals surface area contributed by atoms with Crippen LogP contribution in [0.3, 0.4) is 0 Å². The van der Waals surface area contributed by atoms with Gasteiger partial charge in [0.2, 0.25) is 0 Å². The molecule has 1 aromatic carbocycles. The van der Waals surface area contributed by atoms with Crippen LogP contribution < -0.4 is 5.32 Å². The molecule has 14 heavy (non-hydrogen) atoms. The monoisotopic (exact) mass is 255 g/mol. The summed E-state index contributed by atoms with van der Waals surface area (Å²) >= 11 is 3.43. The normalized spacial score (nSPS) is 27.6. The van der Waals surface area contributed by atoms with Crippen LogP contribution >= 0.6 is 15.9 Å². The molecule has 0 aromatic heterocycles. The predicted octanol–water partition coefficient (Wildman–Crippen LogP) is 2.50. The first kappa shape index (κ1) is 10.1. The SMILES string of the molecule is C[C@@H]1CN[C@H](c2ccc(Br)cc2)CO1. The number of morpholine rings is 1. The summed E-state index contributed by atoms with van der Waals surface area (Å²) < 4.78 is 6.72. The van der Waals surface area contributed by atoms with Crippen LogP contribution in [0.5, 0.6) is 0 Å². The fraction of sp³-hybridized carbons (Fsp3) is 0.455. The van der Waals surface area contributed by atoms with Gasteiger partial charge in [-0.3, -0.25) is 0 Å². The van der Waals surface area contributed by atoms with Crippen LogP contribution in [-0.4, -0.2) is 19.3 Å². The zero-order valence-electron chi connectivity index (χ0n) is 8.16. The van der Waals surface area contributed by atoms with E-state index in [4.69, 9.17) is 4.74 Å². The lowest BCUT2D eigenvalue weighted by molar-refractivity contribution is 0.0149. The van der Waals surface area contributed by atoms with Crippen LogP contribution in [0.15, 0.2) is 28.7 Å². The zero-order chi connectivity index (χ0) is 9.97. The molecule has 1 aliphatic heterocycles. The van der Waals surface area contributed by atoms with Crippen molar-refractivity contribution in [2.45, 2.75) is 19.1 Å². The Kier molecular flexibility index (Phi) is 3.21. The van der Waals surface area contributed by atoms with Crippen molar-refractivity contribution in [2.24, 2.45) is 0 Å². The Morgan fingerprint density at radius 3 is 2.64 bits per heavy atom. The molecule has 2 atom stereocenters. The second-order valence-electron chi connectivity index (χ2n) is 3.66. The van der Waals surface area contributed by atoms with Gasteiger partial charge in [-0.15, -0.1) is 0 Å². The highest BCUT2D eigenvalue weighted by atomic mass is 79.9. The number of hydrogen-bond acceptors (Lipinski definition) is 2. The summed E-state index contributed by atoms with van der Waals surface area (Å²) in [5.74, 6) is 0. The summed E-state index contributed by atoms with van der Waals surface area (Å²) in [7, 11) is 0. The highest BCUT2D eigenvalue weighted by molar-refractivity contribution is 9.10. The summed E-state index contributed by atoms with van der Waals surface area (Å²) in [6.45, 7) is 3.79. The first-order valence-corrected chi connectivity index (χ1v) is 5.65. The van der Waals surface area contributed by atoms with Gasteiger partial charge in [0.05, 0.1) is 18.8 Å². The standard InChI is InChI=1S/C11H14BrNO/c1-8-6-13-11(7-14-8)9-2-4-10(12)5-3-9/h2-5,8,11,13H,6-7H2,1H3/t8-,11+/m1/s1. The molecule has 2 nitrogen and oxygen atoms in total. The van der Waals surface area contributed by atoms with Gasteiger partial charge in [0.15, 0.2) is 0 Å². The largest absolute Gasteiger partial charge is 0.375 e. The minimum absolute atomic E-state index is 0.335. The van der Waals surface area contributed by atoms with E-state index in [0.717, 1.165) is 17.6 Å². The molecule has 0 amide bonds. The second kappa shape index (κ2) is 4.43. The van der Waals surface area contributed by atoms with Crippen molar-refractivity contribution in [1.29, 1.82) is 0 Å². The van der Waals surface area contributed by atoms with Crippen molar-refractivity contribution in [2.75, 3.05) is 13.2 Å². The van der Waals surface area contributed by atoms with Crippen LogP contribution in [0, 0.1) is 0 Å². The van der Waals surface area contributed by atoms with Gasteiger partial charge in [0, 0.05) is 11.0 Å². The molecule has 0 aliphatic carbocycles. The molecular formula is C11H14BrNO. The Hall–Kier alpha value is -0.380. The average Bonchev–Trinajstić information content (AvgIpc) is 2.21. The Morgan fingerprint density at radius 1 is 1.36 bits per heavy atom. The first-order valence-electron chi connectivity index (χ1n) is 4.86. The van der Waals surface area contributed by atoms with Crippen molar-refractivity contribution in [3.05, 3.63) is 34.3 Å². The lowest BCUT2D eigenvalue weighted by atomic mass is 10.1. The van der Waals surface area contributed by atoms with Crippen LogP contribution in [0.1, 0.15) is 18.5 Å². The molecule has 1 aliphatic rings. The summed E-state index contributed by atoms with van der Waals surface area (Å²) in [5, 5.41) is 3.46. The van der Waals surface area contributed by atoms with Crippen LogP contribution in [-0.2, 0) is 4.74 Å². The Morgan fingerprint density at radius 2 is 2.07 bits per heavy atom. The van der Waals surface area contributed by atoms with E-state index in [-0.39, 0.29) is 0 Å². The fourth-order valence-corrected chi connectivity index (χ4v) is 1.86. The number of benzene rings is 1. The van der Waals surface area contributed by atoms with Gasteiger partial charge in [-0.1, -0.05) is 28.1 Å². The number of rotatable bonds is 1. The van der Waals surface area contributed by atoms with Crippen LogP contribution in [0.4, 0.5) is 0 Å². The maximum absolute atomic E-state index is 5.60. The number of nitrogens with one attached hydrogen (secondary N) is 1. The summed E-state index contributed by atoms with van der Waals surface area (Å²) in [4.78, 5) is 0. The van der Waals surface area contributed by atoms with Gasteiger partial charge in [0.25, 0.3) is 0 Å². The number of halogens is 1. The molecule has 0 spiro atoms. The average molecular weight is 256 g/mol. The van der Waals surface area contributed by atoms with Crippen molar-refractivity contribution in [1.82, 2.24) is 5.32 Å². The predicted molar refractivity (Wildman–Crippen MR) is 60.3 cm³/mol. The topological polar surface area (TPSA) is 21.3 Å². The fourth-order valence-electron chi connectivity index (χ4n) is 1.60. The molecule has 1 fully saturated rings. The maximum Gasteiger partial charge on any atom is 0.0672 e. The van der Waals surface area contributed by atoms with Gasteiger partial charge in [-0.25, -0.2) is 0 Å². The summed E-state index contributed by atoms with van der Waals surface area (Å²) in [6, 6.07) is 8.73. The molecule has 0 unspecified atom stereocenters. The quantitative estimate of drug-likeness (QED) is 0.833. The van der Waals surface area contributed by atoms with E-state index in [0.29, 0.717) is 12.1 Å². The van der Waals surface area contributed by atoms with Crippen LogP contribution in [0.2, 0.25) is 0 Å². The third-order valence-electron chi connectivity index (χ3n) is 2.47. The second-order valence-corrected chi connectivity index (χ2v) is 4.57. The van der Waals surface area contributed by atoms with Crippen molar-refractivity contribution < 1.29 is 4.74 Å². The van der Waals surface area contributed by atoms with Gasteiger partial charge in [0.1, 0.15) is 0 Å². The molecule has 0 saturated carbocycles. The maximum atomic E-state index is 5.60. The molecule has 3 heteroatoms. The molecule has 0 bridgehead atoms. The minimum atomic E-state index is 0.335. The van der Waals surface area contributed by atoms with Crippen molar-refractivity contribution in [3.8, 4) is 0 Å². The van der Waals surface area contributed by atoms with E-state index < -0.39 is 0 Å². The zero-order valence-corrected chi connectivity index (χ0v) is 9.75. The molecule has 1 saturated heterocycles. The lowest BCUT2D eigenvalue weighted by Crippen LogP contribution is -2.39. The Bertz CT molecular complexity index is 291. The van der Waals surface area contributed by atoms with E-state index >= 15 is 0 Å². The highest BCUT2D eigenvalue weighted by Gasteiger charge is 2.18. The van der Waals surface area contributed by atoms with E-state index in [2.05, 4.69) is 52.4 Å².